The average Bonchev–Trinajstić information content (AvgIpc) is 3.37. The number of nitrogens with zero attached hydrogens (tertiary/aromatic N) is 4. The van der Waals surface area contributed by atoms with Crippen LogP contribution in [-0.4, -0.2) is 30.6 Å². The Balaban J connectivity index is 1.32. The predicted molar refractivity (Wildman–Crippen MR) is 116 cm³/mol. The molecule has 0 saturated heterocycles. The number of thioether (sulfide) groups is 1. The van der Waals surface area contributed by atoms with Crippen LogP contribution in [0, 0.1) is 0 Å². The Kier molecular flexibility index (Phi) is 5.79. The molecule has 10 heteroatoms. The zero-order chi connectivity index (χ0) is 19.3. The van der Waals surface area contributed by atoms with Gasteiger partial charge in [-0.05, 0) is 36.2 Å². The van der Waals surface area contributed by atoms with Crippen molar-refractivity contribution in [2.24, 2.45) is 0 Å². The number of fused-ring (bicyclic) bond motifs is 1. The molecule has 0 spiro atoms. The maximum absolute atomic E-state index is 12.3. The molecule has 4 rings (SSSR count). The van der Waals surface area contributed by atoms with Gasteiger partial charge in [0.2, 0.25) is 11.0 Å². The highest BCUT2D eigenvalue weighted by atomic mass is 32.2. The molecule has 7 nitrogen and oxygen atoms in total. The second-order valence-electron chi connectivity index (χ2n) is 5.82. The second-order valence-corrected chi connectivity index (χ2v) is 8.55. The highest BCUT2D eigenvalue weighted by molar-refractivity contribution is 8.01. The smallest absolute Gasteiger partial charge is 0.234 e. The summed E-state index contributed by atoms with van der Waals surface area (Å²) in [5.41, 5.74) is 4.42. The van der Waals surface area contributed by atoms with Crippen LogP contribution >= 0.6 is 34.8 Å². The van der Waals surface area contributed by atoms with Crippen LogP contribution in [0.1, 0.15) is 12.5 Å². The molecule has 0 saturated carbocycles. The van der Waals surface area contributed by atoms with Crippen molar-refractivity contribution in [3.05, 3.63) is 48.0 Å². The van der Waals surface area contributed by atoms with Crippen molar-refractivity contribution >= 4 is 68.3 Å². The van der Waals surface area contributed by atoms with Crippen LogP contribution in [0.25, 0.3) is 11.0 Å². The molecule has 0 fully saturated rings. The molecule has 2 N–H and O–H groups in total. The number of hydrogen-bond donors (Lipinski definition) is 2. The molecule has 2 aromatic carbocycles. The Bertz CT molecular complexity index is 1090. The van der Waals surface area contributed by atoms with E-state index in [0.29, 0.717) is 16.3 Å². The number of rotatable bonds is 7. The van der Waals surface area contributed by atoms with Gasteiger partial charge in [0.15, 0.2) is 4.34 Å². The maximum atomic E-state index is 12.3. The van der Waals surface area contributed by atoms with Crippen molar-refractivity contribution in [1.82, 2.24) is 18.9 Å². The first-order valence-corrected chi connectivity index (χ1v) is 11.1. The fourth-order valence-corrected chi connectivity index (χ4v) is 4.61. The van der Waals surface area contributed by atoms with E-state index in [9.17, 15) is 4.79 Å². The van der Waals surface area contributed by atoms with E-state index >= 15 is 0 Å². The Labute approximate surface area is 173 Å². The number of carbonyl (C=O) groups is 1. The van der Waals surface area contributed by atoms with Crippen LogP contribution in [0.15, 0.2) is 46.8 Å². The van der Waals surface area contributed by atoms with Gasteiger partial charge < -0.3 is 10.6 Å². The third-order valence-corrected chi connectivity index (χ3v) is 6.42. The fourth-order valence-electron chi connectivity index (χ4n) is 2.49. The summed E-state index contributed by atoms with van der Waals surface area (Å²) in [7, 11) is 0. The molecule has 0 aliphatic rings. The van der Waals surface area contributed by atoms with Crippen molar-refractivity contribution in [3.8, 4) is 0 Å². The lowest BCUT2D eigenvalue weighted by Crippen LogP contribution is -2.14. The minimum Gasteiger partial charge on any atom is -0.330 e. The molecule has 28 heavy (non-hydrogen) atoms. The molecule has 0 aliphatic heterocycles. The largest absolute Gasteiger partial charge is 0.330 e. The van der Waals surface area contributed by atoms with E-state index < -0.39 is 0 Å². The number of benzene rings is 2. The van der Waals surface area contributed by atoms with Crippen LogP contribution in [0.5, 0.6) is 0 Å². The summed E-state index contributed by atoms with van der Waals surface area (Å²) in [6.45, 7) is 2.13. The first-order chi connectivity index (χ1) is 13.7. The molecule has 2 heterocycles. The molecular weight excluding hydrogens is 412 g/mol. The third-order valence-electron chi connectivity index (χ3n) is 3.91. The first kappa shape index (κ1) is 18.8. The average molecular weight is 429 g/mol. The van der Waals surface area contributed by atoms with Crippen LogP contribution in [0.2, 0.25) is 0 Å². The van der Waals surface area contributed by atoms with Gasteiger partial charge in [0.25, 0.3) is 0 Å². The molecule has 0 atom stereocenters. The zero-order valence-electron chi connectivity index (χ0n) is 14.9. The number of anilines is 3. The van der Waals surface area contributed by atoms with Gasteiger partial charge in [-0.1, -0.05) is 48.2 Å². The Morgan fingerprint density at radius 3 is 2.79 bits per heavy atom. The summed E-state index contributed by atoms with van der Waals surface area (Å²) in [5, 5.41) is 15.1. The molecule has 0 radical (unpaired) electrons. The maximum Gasteiger partial charge on any atom is 0.234 e. The lowest BCUT2D eigenvalue weighted by Gasteiger charge is -2.04. The molecule has 0 unspecified atom stereocenters. The zero-order valence-corrected chi connectivity index (χ0v) is 17.3. The summed E-state index contributed by atoms with van der Waals surface area (Å²) < 4.78 is 9.13. The fraction of sp³-hybridized carbons (Fsp3) is 0.167. The van der Waals surface area contributed by atoms with Crippen molar-refractivity contribution < 1.29 is 4.79 Å². The number of hydrogen-bond acceptors (Lipinski definition) is 9. The number of nitrogens with one attached hydrogen (secondary N) is 2. The number of aromatic nitrogens is 4. The van der Waals surface area contributed by atoms with E-state index in [0.717, 1.165) is 33.7 Å². The lowest BCUT2D eigenvalue weighted by atomic mass is 10.1. The Hall–Kier alpha value is -2.56. The van der Waals surface area contributed by atoms with E-state index in [1.807, 2.05) is 30.3 Å². The molecule has 4 aromatic rings. The molecular formula is C18H16N6OS3. The Morgan fingerprint density at radius 1 is 1.11 bits per heavy atom. The SMILES string of the molecule is CCc1ccc(Nc2nnc(SCC(=O)Nc3cccc4nsnc34)s2)cc1. The van der Waals surface area contributed by atoms with E-state index in [2.05, 4.69) is 48.6 Å². The molecule has 0 aliphatic carbocycles. The summed E-state index contributed by atoms with van der Waals surface area (Å²) in [4.78, 5) is 12.3. The Morgan fingerprint density at radius 2 is 1.96 bits per heavy atom. The number of aryl methyl sites for hydroxylation is 1. The van der Waals surface area contributed by atoms with E-state index in [-0.39, 0.29) is 11.7 Å². The molecule has 142 valence electrons. The minimum atomic E-state index is -0.120. The van der Waals surface area contributed by atoms with E-state index in [4.69, 9.17) is 0 Å². The van der Waals surface area contributed by atoms with Crippen molar-refractivity contribution in [2.45, 2.75) is 17.7 Å². The summed E-state index contributed by atoms with van der Waals surface area (Å²) >= 11 is 3.90. The minimum absolute atomic E-state index is 0.120. The number of amides is 1. The first-order valence-electron chi connectivity index (χ1n) is 8.54. The summed E-state index contributed by atoms with van der Waals surface area (Å²) in [5.74, 6) is 0.124. The van der Waals surface area contributed by atoms with Gasteiger partial charge in [0, 0.05) is 5.69 Å². The van der Waals surface area contributed by atoms with Gasteiger partial charge in [-0.2, -0.15) is 8.75 Å². The normalized spacial score (nSPS) is 10.9. The lowest BCUT2D eigenvalue weighted by molar-refractivity contribution is -0.113. The monoisotopic (exact) mass is 428 g/mol. The summed E-state index contributed by atoms with van der Waals surface area (Å²) in [6, 6.07) is 13.8. The standard InChI is InChI=1S/C18H16N6OS3/c1-2-11-6-8-12(9-7-11)19-17-21-22-18(27-17)26-10-15(25)20-13-4-3-5-14-16(13)24-28-23-14/h3-9H,2,10H2,1H3,(H,19,21)(H,20,25). The van der Waals surface area contributed by atoms with Crippen LogP contribution in [0.4, 0.5) is 16.5 Å². The topological polar surface area (TPSA) is 92.7 Å². The molecule has 0 bridgehead atoms. The van der Waals surface area contributed by atoms with Crippen LogP contribution < -0.4 is 10.6 Å². The van der Waals surface area contributed by atoms with Gasteiger partial charge in [0.1, 0.15) is 11.0 Å². The summed E-state index contributed by atoms with van der Waals surface area (Å²) in [6.07, 6.45) is 1.01. The molecule has 1 amide bonds. The van der Waals surface area contributed by atoms with Gasteiger partial charge >= 0.3 is 0 Å². The van der Waals surface area contributed by atoms with E-state index in [1.54, 1.807) is 0 Å². The quantitative estimate of drug-likeness (QED) is 0.416. The number of carbonyl (C=O) groups excluding carboxylic acids is 1. The van der Waals surface area contributed by atoms with Crippen molar-refractivity contribution in [1.29, 1.82) is 0 Å². The van der Waals surface area contributed by atoms with Gasteiger partial charge in [-0.3, -0.25) is 4.79 Å². The van der Waals surface area contributed by atoms with Gasteiger partial charge in [0.05, 0.1) is 23.2 Å². The van der Waals surface area contributed by atoms with Gasteiger partial charge in [-0.25, -0.2) is 0 Å². The van der Waals surface area contributed by atoms with Crippen LogP contribution in [-0.2, 0) is 11.2 Å². The highest BCUT2D eigenvalue weighted by Gasteiger charge is 2.11. The van der Waals surface area contributed by atoms with Crippen molar-refractivity contribution in [2.75, 3.05) is 16.4 Å². The van der Waals surface area contributed by atoms with Crippen molar-refractivity contribution in [3.63, 3.8) is 0 Å². The third kappa shape index (κ3) is 4.46. The van der Waals surface area contributed by atoms with Crippen LogP contribution in [0.3, 0.4) is 0 Å². The highest BCUT2D eigenvalue weighted by Crippen LogP contribution is 2.28. The van der Waals surface area contributed by atoms with Gasteiger partial charge in [-0.15, -0.1) is 10.2 Å². The van der Waals surface area contributed by atoms with E-state index in [1.165, 1.54) is 28.7 Å². The second kappa shape index (κ2) is 8.63. The molecule has 2 aromatic heterocycles. The predicted octanol–water partition coefficient (Wildman–Crippen LogP) is 4.58.